The van der Waals surface area contributed by atoms with Gasteiger partial charge in [-0.3, -0.25) is 0 Å². The SMILES string of the molecule is N#CC(=O)F. The third-order valence-corrected chi connectivity index (χ3v) is 0.0879. The van der Waals surface area contributed by atoms with Gasteiger partial charge in [0.25, 0.3) is 0 Å². The second kappa shape index (κ2) is 1.41. The first-order chi connectivity index (χ1) is 2.27. The van der Waals surface area contributed by atoms with Gasteiger partial charge >= 0.3 is 6.04 Å². The van der Waals surface area contributed by atoms with Gasteiger partial charge in [-0.1, -0.05) is 0 Å². The first-order valence-electron chi connectivity index (χ1n) is 0.867. The molecule has 26 valence electrons. The van der Waals surface area contributed by atoms with Gasteiger partial charge in [0.2, 0.25) is 0 Å². The predicted molar refractivity (Wildman–Crippen MR) is 11.7 cm³/mol. The fraction of sp³-hybridized carbons (Fsp3) is 0. The van der Waals surface area contributed by atoms with Crippen LogP contribution in [0.25, 0.3) is 0 Å². The Bertz CT molecular complexity index is 82.1. The molecule has 0 aliphatic heterocycles. The van der Waals surface area contributed by atoms with Crippen molar-refractivity contribution in [1.82, 2.24) is 0 Å². The summed E-state index contributed by atoms with van der Waals surface area (Å²) in [5, 5.41) is 7.17. The Morgan fingerprint density at radius 2 is 2.20 bits per heavy atom. The van der Waals surface area contributed by atoms with Crippen LogP contribution in [0.4, 0.5) is 4.39 Å². The topological polar surface area (TPSA) is 40.9 Å². The molecule has 0 aliphatic carbocycles. The Hall–Kier alpha value is -0.910. The van der Waals surface area contributed by atoms with E-state index in [1.165, 1.54) is 0 Å². The number of carbonyl (C=O) groups is 1. The highest BCUT2D eigenvalue weighted by molar-refractivity contribution is 5.84. The van der Waals surface area contributed by atoms with Crippen molar-refractivity contribution in [1.29, 1.82) is 5.26 Å². The summed E-state index contributed by atoms with van der Waals surface area (Å²) in [5.41, 5.74) is 0. The average Bonchev–Trinajstić information content (AvgIpc) is 1.38. The number of hydrogen-bond acceptors (Lipinski definition) is 2. The van der Waals surface area contributed by atoms with Crippen LogP contribution in [0.3, 0.4) is 0 Å². The number of carbonyl (C=O) groups excluding carboxylic acids is 1. The van der Waals surface area contributed by atoms with Crippen molar-refractivity contribution in [2.75, 3.05) is 0 Å². The number of nitriles is 1. The number of rotatable bonds is 0. The zero-order valence-corrected chi connectivity index (χ0v) is 2.23. The van der Waals surface area contributed by atoms with Crippen LogP contribution in [-0.2, 0) is 4.79 Å². The van der Waals surface area contributed by atoms with Gasteiger partial charge in [0, 0.05) is 0 Å². The minimum Gasteiger partial charge on any atom is -0.243 e. The lowest BCUT2D eigenvalue weighted by molar-refractivity contribution is -0.123. The number of hydrogen-bond donors (Lipinski definition) is 0. The van der Waals surface area contributed by atoms with E-state index in [1.807, 2.05) is 0 Å². The molecular formula is C2FNO. The van der Waals surface area contributed by atoms with E-state index in [0.717, 1.165) is 6.07 Å². The van der Waals surface area contributed by atoms with Crippen molar-refractivity contribution in [3.63, 3.8) is 0 Å². The molecule has 5 heavy (non-hydrogen) atoms. The van der Waals surface area contributed by atoms with Crippen LogP contribution in [0.1, 0.15) is 0 Å². The molecule has 0 saturated carbocycles. The zero-order valence-electron chi connectivity index (χ0n) is 2.23. The van der Waals surface area contributed by atoms with Gasteiger partial charge in [0.15, 0.2) is 6.07 Å². The van der Waals surface area contributed by atoms with E-state index in [-0.39, 0.29) is 0 Å². The van der Waals surface area contributed by atoms with E-state index in [4.69, 9.17) is 10.1 Å². The van der Waals surface area contributed by atoms with Crippen LogP contribution in [0.5, 0.6) is 0 Å². The summed E-state index contributed by atoms with van der Waals surface area (Å²) in [7, 11) is 0. The van der Waals surface area contributed by atoms with Crippen LogP contribution in [0.2, 0.25) is 0 Å². The molecule has 0 spiro atoms. The van der Waals surface area contributed by atoms with E-state index in [0.29, 0.717) is 0 Å². The highest BCUT2D eigenvalue weighted by Crippen LogP contribution is 1.59. The maximum Gasteiger partial charge on any atom is 0.402 e. The molecule has 0 aromatic carbocycles. The summed E-state index contributed by atoms with van der Waals surface area (Å²) in [5.74, 6) is 0. The molecule has 0 rings (SSSR count). The van der Waals surface area contributed by atoms with Crippen molar-refractivity contribution < 1.29 is 9.18 Å². The smallest absolute Gasteiger partial charge is 0.243 e. The van der Waals surface area contributed by atoms with Crippen LogP contribution in [-0.4, -0.2) is 6.04 Å². The first-order valence-corrected chi connectivity index (χ1v) is 0.867. The fourth-order valence-corrected chi connectivity index (χ4v) is 0. The summed E-state index contributed by atoms with van der Waals surface area (Å²) >= 11 is 0. The monoisotopic (exact) mass is 73.0 g/mol. The molecule has 0 bridgehead atoms. The minimum absolute atomic E-state index is 0.722. The highest BCUT2D eigenvalue weighted by Gasteiger charge is 1.83. The van der Waals surface area contributed by atoms with Crippen LogP contribution >= 0.6 is 0 Å². The summed E-state index contributed by atoms with van der Waals surface area (Å²) in [6, 6.07) is -1.22. The van der Waals surface area contributed by atoms with Gasteiger partial charge in [0.1, 0.15) is 0 Å². The van der Waals surface area contributed by atoms with Crippen molar-refractivity contribution in [3.05, 3.63) is 0 Å². The molecule has 0 N–H and O–H groups in total. The molecule has 0 aromatic heterocycles. The normalized spacial score (nSPS) is 5.60. The fourth-order valence-electron chi connectivity index (χ4n) is 0. The quantitative estimate of drug-likeness (QED) is 0.299. The molecule has 0 unspecified atom stereocenters. The molecule has 0 aromatic rings. The van der Waals surface area contributed by atoms with Crippen molar-refractivity contribution in [2.24, 2.45) is 0 Å². The average molecular weight is 73.0 g/mol. The van der Waals surface area contributed by atoms with E-state index in [1.54, 1.807) is 0 Å². The number of nitrogens with zero attached hydrogens (tertiary/aromatic N) is 1. The highest BCUT2D eigenvalue weighted by atomic mass is 19.1. The molecular weight excluding hydrogens is 73.0 g/mol. The molecule has 0 amide bonds. The Labute approximate surface area is 27.8 Å². The molecule has 0 fully saturated rings. The second-order valence-corrected chi connectivity index (χ2v) is 0.386. The van der Waals surface area contributed by atoms with Gasteiger partial charge in [-0.25, -0.2) is 4.79 Å². The minimum atomic E-state index is -1.94. The molecule has 3 heteroatoms. The summed E-state index contributed by atoms with van der Waals surface area (Å²) < 4.78 is 10.4. The first kappa shape index (κ1) is 4.09. The van der Waals surface area contributed by atoms with Crippen LogP contribution in [0.15, 0.2) is 0 Å². The standard InChI is InChI=1S/C2FNO/c3-2(5)1-4. The molecule has 0 saturated heterocycles. The second-order valence-electron chi connectivity index (χ2n) is 0.386. The molecule has 0 radical (unpaired) electrons. The summed E-state index contributed by atoms with van der Waals surface area (Å²) in [4.78, 5) is 8.78. The lowest BCUT2D eigenvalue weighted by Crippen LogP contribution is -1.72. The molecule has 0 atom stereocenters. The Morgan fingerprint density at radius 1 is 2.00 bits per heavy atom. The van der Waals surface area contributed by atoms with Gasteiger partial charge < -0.3 is 0 Å². The van der Waals surface area contributed by atoms with Crippen molar-refractivity contribution in [2.45, 2.75) is 0 Å². The van der Waals surface area contributed by atoms with Crippen LogP contribution in [0, 0.1) is 11.3 Å². The zero-order chi connectivity index (χ0) is 4.28. The van der Waals surface area contributed by atoms with Crippen molar-refractivity contribution in [3.8, 4) is 6.07 Å². The lowest BCUT2D eigenvalue weighted by Gasteiger charge is -1.47. The van der Waals surface area contributed by atoms with E-state index in [2.05, 4.69) is 0 Å². The van der Waals surface area contributed by atoms with Gasteiger partial charge in [0.05, 0.1) is 0 Å². The molecule has 0 aliphatic rings. The maximum absolute atomic E-state index is 10.4. The molecule has 2 nitrogen and oxygen atoms in total. The van der Waals surface area contributed by atoms with Gasteiger partial charge in [-0.05, 0) is 0 Å². The van der Waals surface area contributed by atoms with Gasteiger partial charge in [-0.2, -0.15) is 5.26 Å². The Balaban J connectivity index is 3.35. The lowest BCUT2D eigenvalue weighted by atomic mass is 10.8. The van der Waals surface area contributed by atoms with Crippen molar-refractivity contribution >= 4 is 6.04 Å². The summed E-state index contributed by atoms with van der Waals surface area (Å²) in [6.45, 7) is 0. The van der Waals surface area contributed by atoms with Crippen LogP contribution < -0.4 is 0 Å². The maximum atomic E-state index is 10.4. The predicted octanol–water partition coefficient (Wildman–Crippen LogP) is 0.00608. The number of halogens is 1. The van der Waals surface area contributed by atoms with E-state index < -0.39 is 6.04 Å². The largest absolute Gasteiger partial charge is 0.402 e. The Kier molecular flexibility index (Phi) is 1.16. The van der Waals surface area contributed by atoms with E-state index in [9.17, 15) is 4.39 Å². The molecule has 0 heterocycles. The third kappa shape index (κ3) is 3.09. The Morgan fingerprint density at radius 3 is 2.20 bits per heavy atom. The third-order valence-electron chi connectivity index (χ3n) is 0.0879. The van der Waals surface area contributed by atoms with E-state index >= 15 is 0 Å². The van der Waals surface area contributed by atoms with Gasteiger partial charge in [-0.15, -0.1) is 4.39 Å². The summed E-state index contributed by atoms with van der Waals surface area (Å²) in [6.07, 6.45) is 0.